The summed E-state index contributed by atoms with van der Waals surface area (Å²) >= 11 is 5.84. The Labute approximate surface area is 128 Å². The number of benzene rings is 1. The fourth-order valence-corrected chi connectivity index (χ4v) is 2.18. The molecule has 0 saturated carbocycles. The first-order valence-electron chi connectivity index (χ1n) is 6.73. The Morgan fingerprint density at radius 2 is 2.10 bits per heavy atom. The standard InChI is InChI=1S/C15H17ClN2O3/c1-2-7-18(9-14(19)20)8-13-10-21-15(17-13)11-3-5-12(16)6-4-11/h3-6,10H,2,7-9H2,1H3,(H,19,20). The highest BCUT2D eigenvalue weighted by molar-refractivity contribution is 6.30. The van der Waals surface area contributed by atoms with Crippen LogP contribution in [0.1, 0.15) is 19.0 Å². The van der Waals surface area contributed by atoms with E-state index in [0.717, 1.165) is 17.7 Å². The molecule has 0 amide bonds. The van der Waals surface area contributed by atoms with Gasteiger partial charge in [-0.2, -0.15) is 0 Å². The van der Waals surface area contributed by atoms with Crippen LogP contribution in [0.5, 0.6) is 0 Å². The average molecular weight is 309 g/mol. The van der Waals surface area contributed by atoms with Gasteiger partial charge in [0, 0.05) is 17.1 Å². The predicted molar refractivity (Wildman–Crippen MR) is 80.2 cm³/mol. The second-order valence-electron chi connectivity index (χ2n) is 4.76. The maximum absolute atomic E-state index is 10.8. The molecule has 2 aromatic rings. The van der Waals surface area contributed by atoms with E-state index in [-0.39, 0.29) is 6.54 Å². The lowest BCUT2D eigenvalue weighted by atomic mass is 10.2. The first-order chi connectivity index (χ1) is 10.1. The lowest BCUT2D eigenvalue weighted by molar-refractivity contribution is -0.138. The molecule has 0 radical (unpaired) electrons. The van der Waals surface area contributed by atoms with Gasteiger partial charge in [-0.1, -0.05) is 18.5 Å². The molecule has 6 heteroatoms. The Morgan fingerprint density at radius 3 is 2.71 bits per heavy atom. The van der Waals surface area contributed by atoms with Crippen LogP contribution in [0.3, 0.4) is 0 Å². The van der Waals surface area contributed by atoms with Gasteiger partial charge in [-0.05, 0) is 37.2 Å². The number of aromatic nitrogens is 1. The van der Waals surface area contributed by atoms with Gasteiger partial charge in [0.1, 0.15) is 6.26 Å². The number of nitrogens with zero attached hydrogens (tertiary/aromatic N) is 2. The Morgan fingerprint density at radius 1 is 1.38 bits per heavy atom. The summed E-state index contributed by atoms with van der Waals surface area (Å²) in [6, 6.07) is 7.21. The Hall–Kier alpha value is -1.85. The predicted octanol–water partition coefficient (Wildman–Crippen LogP) is 3.29. The molecular formula is C15H17ClN2O3. The molecule has 1 N–H and O–H groups in total. The van der Waals surface area contributed by atoms with Crippen LogP contribution in [0, 0.1) is 0 Å². The molecule has 1 aromatic heterocycles. The van der Waals surface area contributed by atoms with Crippen molar-refractivity contribution in [3.8, 4) is 11.5 Å². The summed E-state index contributed by atoms with van der Waals surface area (Å²) in [6.45, 7) is 3.17. The van der Waals surface area contributed by atoms with Gasteiger partial charge in [-0.3, -0.25) is 9.69 Å². The molecule has 21 heavy (non-hydrogen) atoms. The third-order valence-electron chi connectivity index (χ3n) is 2.93. The smallest absolute Gasteiger partial charge is 0.317 e. The van der Waals surface area contributed by atoms with E-state index in [0.29, 0.717) is 24.0 Å². The zero-order valence-electron chi connectivity index (χ0n) is 11.8. The molecule has 112 valence electrons. The molecule has 0 fully saturated rings. The van der Waals surface area contributed by atoms with E-state index in [1.807, 2.05) is 24.0 Å². The van der Waals surface area contributed by atoms with E-state index >= 15 is 0 Å². The Balaban J connectivity index is 2.07. The number of carbonyl (C=O) groups is 1. The van der Waals surface area contributed by atoms with Crippen molar-refractivity contribution < 1.29 is 14.3 Å². The number of rotatable bonds is 7. The van der Waals surface area contributed by atoms with Crippen molar-refractivity contribution in [2.24, 2.45) is 0 Å². The summed E-state index contributed by atoms with van der Waals surface area (Å²) in [4.78, 5) is 17.1. The average Bonchev–Trinajstić information content (AvgIpc) is 2.87. The first-order valence-corrected chi connectivity index (χ1v) is 7.10. The molecule has 0 unspecified atom stereocenters. The first kappa shape index (κ1) is 15.5. The van der Waals surface area contributed by atoms with Crippen molar-refractivity contribution in [1.82, 2.24) is 9.88 Å². The Kier molecular flexibility index (Phi) is 5.36. The molecule has 0 bridgehead atoms. The summed E-state index contributed by atoms with van der Waals surface area (Å²) in [6.07, 6.45) is 2.45. The van der Waals surface area contributed by atoms with E-state index in [4.69, 9.17) is 21.1 Å². The van der Waals surface area contributed by atoms with Crippen LogP contribution >= 0.6 is 11.6 Å². The molecule has 0 saturated heterocycles. The number of halogens is 1. The van der Waals surface area contributed by atoms with Crippen LogP contribution in [0.25, 0.3) is 11.5 Å². The molecular weight excluding hydrogens is 292 g/mol. The number of carboxylic acids is 1. The highest BCUT2D eigenvalue weighted by Crippen LogP contribution is 2.21. The quantitative estimate of drug-likeness (QED) is 0.850. The van der Waals surface area contributed by atoms with E-state index in [1.54, 1.807) is 18.4 Å². The minimum atomic E-state index is -0.843. The number of aliphatic carboxylic acids is 1. The van der Waals surface area contributed by atoms with Crippen molar-refractivity contribution >= 4 is 17.6 Å². The van der Waals surface area contributed by atoms with Crippen molar-refractivity contribution in [2.45, 2.75) is 19.9 Å². The summed E-state index contributed by atoms with van der Waals surface area (Å²) in [5.74, 6) is -0.335. The minimum Gasteiger partial charge on any atom is -0.480 e. The number of carboxylic acid groups (broad SMARTS) is 1. The van der Waals surface area contributed by atoms with Gasteiger partial charge < -0.3 is 9.52 Å². The van der Waals surface area contributed by atoms with Gasteiger partial charge in [0.25, 0.3) is 0 Å². The van der Waals surface area contributed by atoms with Gasteiger partial charge in [-0.25, -0.2) is 4.98 Å². The number of hydrogen-bond donors (Lipinski definition) is 1. The molecule has 2 rings (SSSR count). The van der Waals surface area contributed by atoms with Crippen LogP contribution in [-0.2, 0) is 11.3 Å². The zero-order chi connectivity index (χ0) is 15.2. The zero-order valence-corrected chi connectivity index (χ0v) is 12.5. The van der Waals surface area contributed by atoms with Gasteiger partial charge in [-0.15, -0.1) is 0 Å². The van der Waals surface area contributed by atoms with Crippen LogP contribution in [-0.4, -0.2) is 34.0 Å². The second kappa shape index (κ2) is 7.24. The summed E-state index contributed by atoms with van der Waals surface area (Å²) in [5, 5.41) is 9.55. The topological polar surface area (TPSA) is 66.6 Å². The number of oxazole rings is 1. The van der Waals surface area contributed by atoms with E-state index < -0.39 is 5.97 Å². The van der Waals surface area contributed by atoms with Crippen molar-refractivity contribution in [3.05, 3.63) is 41.2 Å². The summed E-state index contributed by atoms with van der Waals surface area (Å²) in [7, 11) is 0. The Bertz CT molecular complexity index is 595. The lowest BCUT2D eigenvalue weighted by Gasteiger charge is -2.17. The molecule has 0 aliphatic carbocycles. The maximum Gasteiger partial charge on any atom is 0.317 e. The lowest BCUT2D eigenvalue weighted by Crippen LogP contribution is -2.30. The highest BCUT2D eigenvalue weighted by Gasteiger charge is 2.13. The van der Waals surface area contributed by atoms with Gasteiger partial charge in [0.05, 0.1) is 12.2 Å². The van der Waals surface area contributed by atoms with Crippen molar-refractivity contribution in [3.63, 3.8) is 0 Å². The van der Waals surface area contributed by atoms with Gasteiger partial charge in [0.15, 0.2) is 0 Å². The van der Waals surface area contributed by atoms with Gasteiger partial charge >= 0.3 is 5.97 Å². The highest BCUT2D eigenvalue weighted by atomic mass is 35.5. The maximum atomic E-state index is 10.8. The van der Waals surface area contributed by atoms with Crippen LogP contribution in [0.4, 0.5) is 0 Å². The largest absolute Gasteiger partial charge is 0.480 e. The van der Waals surface area contributed by atoms with Crippen LogP contribution in [0.15, 0.2) is 34.9 Å². The summed E-state index contributed by atoms with van der Waals surface area (Å²) in [5.41, 5.74) is 1.56. The van der Waals surface area contributed by atoms with E-state index in [9.17, 15) is 4.79 Å². The molecule has 0 aliphatic heterocycles. The normalized spacial score (nSPS) is 11.0. The van der Waals surface area contributed by atoms with Crippen molar-refractivity contribution in [1.29, 1.82) is 0 Å². The SMILES string of the molecule is CCCN(CC(=O)O)Cc1coc(-c2ccc(Cl)cc2)n1. The number of hydrogen-bond acceptors (Lipinski definition) is 4. The molecule has 1 aromatic carbocycles. The van der Waals surface area contributed by atoms with Crippen LogP contribution < -0.4 is 0 Å². The molecule has 0 aliphatic rings. The van der Waals surface area contributed by atoms with Crippen molar-refractivity contribution in [2.75, 3.05) is 13.1 Å². The molecule has 1 heterocycles. The molecule has 5 nitrogen and oxygen atoms in total. The van der Waals surface area contributed by atoms with E-state index in [2.05, 4.69) is 4.98 Å². The summed E-state index contributed by atoms with van der Waals surface area (Å²) < 4.78 is 5.45. The monoisotopic (exact) mass is 308 g/mol. The fourth-order valence-electron chi connectivity index (χ4n) is 2.06. The fraction of sp³-hybridized carbons (Fsp3) is 0.333. The molecule has 0 atom stereocenters. The van der Waals surface area contributed by atoms with Crippen LogP contribution in [0.2, 0.25) is 5.02 Å². The third kappa shape index (κ3) is 4.58. The molecule has 0 spiro atoms. The van der Waals surface area contributed by atoms with E-state index in [1.165, 1.54) is 0 Å². The van der Waals surface area contributed by atoms with Gasteiger partial charge in [0.2, 0.25) is 5.89 Å². The minimum absolute atomic E-state index is 0.00300. The second-order valence-corrected chi connectivity index (χ2v) is 5.19. The third-order valence-corrected chi connectivity index (χ3v) is 3.18.